The molecule has 1 aromatic rings. The fraction of sp³-hybridized carbons (Fsp3) is 0.667. The molecule has 6 atom stereocenters. The van der Waals surface area contributed by atoms with E-state index < -0.39 is 0 Å². The van der Waals surface area contributed by atoms with Gasteiger partial charge in [0.25, 0.3) is 0 Å². The van der Waals surface area contributed by atoms with E-state index in [1.54, 1.807) is 0 Å². The Morgan fingerprint density at radius 1 is 1.16 bits per heavy atom. The first-order chi connectivity index (χ1) is 14.7. The van der Waals surface area contributed by atoms with Crippen molar-refractivity contribution in [3.8, 4) is 0 Å². The second kappa shape index (κ2) is 8.59. The topological polar surface area (TPSA) is 68.4 Å². The molecule has 6 nitrogen and oxygen atoms in total. The van der Waals surface area contributed by atoms with E-state index in [-0.39, 0.29) is 50.1 Å². The van der Waals surface area contributed by atoms with Gasteiger partial charge in [-0.1, -0.05) is 51.1 Å². The standard InChI is InChI=1S/C24H34BNO5/c1-15-18-11-17(24(18,2)3)12-19(15)26(13-20(27)29-5)14-21(28)31-25(4)23-22(30-23)16-9-7-6-8-10-16/h6-10,15,17-19,22-23H,11-14H2,1-5H3/t15-,17+,18-,19-,22+,23-/m1/s1. The van der Waals surface area contributed by atoms with E-state index in [1.807, 2.05) is 42.1 Å². The molecule has 4 aliphatic rings. The van der Waals surface area contributed by atoms with E-state index in [1.165, 1.54) is 13.5 Å². The highest BCUT2D eigenvalue weighted by Gasteiger charge is 2.57. The number of fused-ring (bicyclic) bond motifs is 2. The lowest BCUT2D eigenvalue weighted by atomic mass is 9.44. The second-order valence-electron chi connectivity index (χ2n) is 10.1. The van der Waals surface area contributed by atoms with Crippen molar-refractivity contribution in [3.05, 3.63) is 35.9 Å². The van der Waals surface area contributed by atoms with E-state index >= 15 is 0 Å². The van der Waals surface area contributed by atoms with Gasteiger partial charge in [-0.15, -0.1) is 0 Å². The first-order valence-corrected chi connectivity index (χ1v) is 11.4. The van der Waals surface area contributed by atoms with Gasteiger partial charge >= 0.3 is 18.9 Å². The average Bonchev–Trinajstić information content (AvgIpc) is 3.54. The van der Waals surface area contributed by atoms with Crippen LogP contribution in [0, 0.1) is 23.2 Å². The van der Waals surface area contributed by atoms with Gasteiger partial charge in [-0.25, -0.2) is 0 Å². The van der Waals surface area contributed by atoms with Crippen molar-refractivity contribution in [2.45, 2.75) is 58.6 Å². The number of rotatable bonds is 8. The fourth-order valence-electron chi connectivity index (χ4n) is 5.99. The van der Waals surface area contributed by atoms with E-state index in [4.69, 9.17) is 14.1 Å². The lowest BCUT2D eigenvalue weighted by Gasteiger charge is -2.63. The molecule has 0 N–H and O–H groups in total. The Morgan fingerprint density at radius 3 is 2.45 bits per heavy atom. The van der Waals surface area contributed by atoms with Crippen LogP contribution >= 0.6 is 0 Å². The molecule has 0 amide bonds. The zero-order chi connectivity index (χ0) is 22.3. The van der Waals surface area contributed by atoms with Crippen molar-refractivity contribution in [2.24, 2.45) is 23.2 Å². The Kier molecular flexibility index (Phi) is 6.19. The first-order valence-electron chi connectivity index (χ1n) is 11.4. The fourth-order valence-corrected chi connectivity index (χ4v) is 5.99. The van der Waals surface area contributed by atoms with Crippen molar-refractivity contribution in [1.82, 2.24) is 4.90 Å². The van der Waals surface area contributed by atoms with Crippen LogP contribution in [-0.4, -0.2) is 56.0 Å². The van der Waals surface area contributed by atoms with Gasteiger partial charge < -0.3 is 14.1 Å². The number of carbonyl (C=O) groups is 2. The number of nitrogens with zero attached hydrogens (tertiary/aromatic N) is 1. The van der Waals surface area contributed by atoms with Crippen LogP contribution in [0.15, 0.2) is 30.3 Å². The summed E-state index contributed by atoms with van der Waals surface area (Å²) in [5.41, 5.74) is 1.44. The lowest BCUT2D eigenvalue weighted by Crippen LogP contribution is -2.61. The maximum Gasteiger partial charge on any atom is 0.390 e. The molecule has 1 aliphatic heterocycles. The minimum absolute atomic E-state index is 0.0251. The van der Waals surface area contributed by atoms with Crippen LogP contribution in [0.5, 0.6) is 0 Å². The molecule has 1 aromatic carbocycles. The van der Waals surface area contributed by atoms with Crippen molar-refractivity contribution in [2.75, 3.05) is 20.2 Å². The van der Waals surface area contributed by atoms with Gasteiger partial charge in [0.1, 0.15) is 12.1 Å². The minimum atomic E-state index is -0.339. The van der Waals surface area contributed by atoms with Gasteiger partial charge in [0.2, 0.25) is 0 Å². The predicted molar refractivity (Wildman–Crippen MR) is 118 cm³/mol. The summed E-state index contributed by atoms with van der Waals surface area (Å²) in [7, 11) is 1.39. The van der Waals surface area contributed by atoms with Crippen molar-refractivity contribution >= 4 is 18.9 Å². The van der Waals surface area contributed by atoms with Crippen molar-refractivity contribution < 1.29 is 23.7 Å². The molecular formula is C24H34BNO5. The van der Waals surface area contributed by atoms with Gasteiger partial charge in [0.05, 0.1) is 20.2 Å². The average molecular weight is 427 g/mol. The van der Waals surface area contributed by atoms with Crippen molar-refractivity contribution in [1.29, 1.82) is 0 Å². The van der Waals surface area contributed by atoms with Crippen LogP contribution < -0.4 is 0 Å². The zero-order valence-electron chi connectivity index (χ0n) is 19.2. The first kappa shape index (κ1) is 22.3. The normalized spacial score (nSPS) is 32.7. The number of hydrogen-bond donors (Lipinski definition) is 0. The van der Waals surface area contributed by atoms with E-state index in [0.717, 1.165) is 12.0 Å². The van der Waals surface area contributed by atoms with E-state index in [9.17, 15) is 9.59 Å². The number of epoxide rings is 1. The SMILES string of the molecule is COC(=O)CN(CC(=O)OB(C)[C@@H]1O[C@H]1c1ccccc1)[C@@H]1C[C@@H]2C[C@H]([C@H]1C)C2(C)C. The van der Waals surface area contributed by atoms with Gasteiger partial charge in [-0.05, 0) is 48.4 Å². The molecular weight excluding hydrogens is 393 g/mol. The lowest BCUT2D eigenvalue weighted by molar-refractivity contribution is -0.158. The number of hydrogen-bond acceptors (Lipinski definition) is 6. The number of ether oxygens (including phenoxy) is 2. The molecule has 0 radical (unpaired) electrons. The molecule has 3 saturated carbocycles. The Morgan fingerprint density at radius 2 is 1.84 bits per heavy atom. The van der Waals surface area contributed by atoms with Gasteiger partial charge in [-0.2, -0.15) is 0 Å². The maximum atomic E-state index is 12.8. The molecule has 0 spiro atoms. The third-order valence-electron chi connectivity index (χ3n) is 8.11. The van der Waals surface area contributed by atoms with E-state index in [0.29, 0.717) is 23.2 Å². The van der Waals surface area contributed by atoms with Crippen LogP contribution in [0.25, 0.3) is 0 Å². The number of methoxy groups -OCH3 is 1. The van der Waals surface area contributed by atoms with Crippen LogP contribution in [0.4, 0.5) is 0 Å². The predicted octanol–water partition coefficient (Wildman–Crippen LogP) is 3.38. The number of benzene rings is 1. The second-order valence-corrected chi connectivity index (χ2v) is 10.1. The highest BCUT2D eigenvalue weighted by atomic mass is 16.6. The van der Waals surface area contributed by atoms with Crippen LogP contribution in [-0.2, 0) is 23.7 Å². The maximum absolute atomic E-state index is 12.8. The zero-order valence-corrected chi connectivity index (χ0v) is 19.2. The molecule has 7 heteroatoms. The largest absolute Gasteiger partial charge is 0.533 e. The molecule has 0 aromatic heterocycles. The quantitative estimate of drug-likeness (QED) is 0.360. The molecule has 2 bridgehead atoms. The summed E-state index contributed by atoms with van der Waals surface area (Å²) in [6, 6.07) is 10.0. The third kappa shape index (κ3) is 4.40. The summed E-state index contributed by atoms with van der Waals surface area (Å²) in [4.78, 5) is 26.9. The summed E-state index contributed by atoms with van der Waals surface area (Å²) in [6.45, 7) is 8.69. The molecule has 1 heterocycles. The smallest absolute Gasteiger partial charge is 0.390 e. The molecule has 31 heavy (non-hydrogen) atoms. The molecule has 0 unspecified atom stereocenters. The van der Waals surface area contributed by atoms with Crippen molar-refractivity contribution in [3.63, 3.8) is 0 Å². The summed E-state index contributed by atoms with van der Waals surface area (Å²) in [5.74, 6) is 1.05. The third-order valence-corrected chi connectivity index (χ3v) is 8.11. The highest BCUT2D eigenvalue weighted by Crippen LogP contribution is 2.62. The Balaban J connectivity index is 1.36. The molecule has 4 fully saturated rings. The van der Waals surface area contributed by atoms with Crippen LogP contribution in [0.3, 0.4) is 0 Å². The van der Waals surface area contributed by atoms with Gasteiger partial charge in [0.15, 0.2) is 0 Å². The molecule has 5 rings (SSSR count). The monoisotopic (exact) mass is 427 g/mol. The summed E-state index contributed by atoms with van der Waals surface area (Å²) in [5, 5.41) is 0. The molecule has 168 valence electrons. The van der Waals surface area contributed by atoms with Crippen LogP contribution in [0.1, 0.15) is 45.3 Å². The number of carbonyl (C=O) groups excluding carboxylic acids is 2. The van der Waals surface area contributed by atoms with Crippen LogP contribution in [0.2, 0.25) is 6.82 Å². The van der Waals surface area contributed by atoms with Gasteiger partial charge in [0, 0.05) is 6.04 Å². The Labute approximate surface area is 185 Å². The van der Waals surface area contributed by atoms with Gasteiger partial charge in [-0.3, -0.25) is 14.5 Å². The Hall–Kier alpha value is -1.86. The number of esters is 1. The minimum Gasteiger partial charge on any atom is -0.533 e. The summed E-state index contributed by atoms with van der Waals surface area (Å²) < 4.78 is 16.4. The summed E-state index contributed by atoms with van der Waals surface area (Å²) in [6.07, 6.45) is 2.23. The molecule has 3 aliphatic carbocycles. The Bertz CT molecular complexity index is 815. The van der Waals surface area contributed by atoms with E-state index in [2.05, 4.69) is 20.8 Å². The summed E-state index contributed by atoms with van der Waals surface area (Å²) >= 11 is 0. The molecule has 1 saturated heterocycles. The highest BCUT2D eigenvalue weighted by molar-refractivity contribution is 6.54.